The highest BCUT2D eigenvalue weighted by atomic mass is 16.2. The van der Waals surface area contributed by atoms with Crippen LogP contribution in [0.1, 0.15) is 25.0 Å². The molecule has 1 N–H and O–H groups in total. The lowest BCUT2D eigenvalue weighted by molar-refractivity contribution is -0.132. The molecule has 1 atom stereocenters. The van der Waals surface area contributed by atoms with Gasteiger partial charge in [-0.25, -0.2) is 0 Å². The molecule has 2 amide bonds. The lowest BCUT2D eigenvalue weighted by Gasteiger charge is -2.34. The molecule has 1 saturated heterocycles. The molecule has 4 nitrogen and oxygen atoms in total. The van der Waals surface area contributed by atoms with E-state index < -0.39 is 6.04 Å². The highest BCUT2D eigenvalue weighted by Gasteiger charge is 2.35. The first-order valence-corrected chi connectivity index (χ1v) is 6.57. The Balaban J connectivity index is 2.37. The first-order valence-electron chi connectivity index (χ1n) is 6.57. The smallest absolute Gasteiger partial charge is 0.250 e. The van der Waals surface area contributed by atoms with Crippen LogP contribution in [0.3, 0.4) is 0 Å². The summed E-state index contributed by atoms with van der Waals surface area (Å²) in [6.07, 6.45) is 0. The van der Waals surface area contributed by atoms with Gasteiger partial charge in [-0.05, 0) is 43.0 Å². The number of piperazine rings is 1. The van der Waals surface area contributed by atoms with Crippen molar-refractivity contribution in [2.45, 2.75) is 33.7 Å². The Hall–Kier alpha value is -1.84. The molecule has 0 aliphatic carbocycles. The molecular weight excluding hydrogens is 240 g/mol. The van der Waals surface area contributed by atoms with E-state index >= 15 is 0 Å². The van der Waals surface area contributed by atoms with Crippen molar-refractivity contribution < 1.29 is 9.59 Å². The van der Waals surface area contributed by atoms with Gasteiger partial charge in [-0.1, -0.05) is 19.9 Å². The van der Waals surface area contributed by atoms with Gasteiger partial charge in [-0.2, -0.15) is 0 Å². The van der Waals surface area contributed by atoms with E-state index in [1.807, 2.05) is 39.8 Å². The van der Waals surface area contributed by atoms with Crippen molar-refractivity contribution in [1.29, 1.82) is 0 Å². The van der Waals surface area contributed by atoms with Crippen molar-refractivity contribution >= 4 is 17.5 Å². The van der Waals surface area contributed by atoms with Gasteiger partial charge in [0.1, 0.15) is 12.6 Å². The summed E-state index contributed by atoms with van der Waals surface area (Å²) in [4.78, 5) is 25.8. The first-order chi connectivity index (χ1) is 8.88. The Bertz CT molecular complexity index is 503. The van der Waals surface area contributed by atoms with Crippen molar-refractivity contribution in [3.05, 3.63) is 29.3 Å². The Morgan fingerprint density at radius 2 is 1.74 bits per heavy atom. The van der Waals surface area contributed by atoms with Gasteiger partial charge in [0.05, 0.1) is 0 Å². The molecule has 102 valence electrons. The topological polar surface area (TPSA) is 49.4 Å². The number of aryl methyl sites for hydroxylation is 2. The largest absolute Gasteiger partial charge is 0.342 e. The number of nitrogens with zero attached hydrogens (tertiary/aromatic N) is 1. The van der Waals surface area contributed by atoms with Crippen LogP contribution < -0.4 is 10.2 Å². The summed E-state index contributed by atoms with van der Waals surface area (Å²) in [6, 6.07) is 5.52. The van der Waals surface area contributed by atoms with Crippen LogP contribution in [0.15, 0.2) is 18.2 Å². The van der Waals surface area contributed by atoms with Crippen molar-refractivity contribution in [2.24, 2.45) is 5.92 Å². The molecule has 1 aromatic rings. The van der Waals surface area contributed by atoms with Crippen LogP contribution in [0.5, 0.6) is 0 Å². The van der Waals surface area contributed by atoms with E-state index in [1.165, 1.54) is 0 Å². The minimum Gasteiger partial charge on any atom is -0.342 e. The first kappa shape index (κ1) is 13.6. The maximum Gasteiger partial charge on any atom is 0.250 e. The zero-order valence-corrected chi connectivity index (χ0v) is 11.9. The molecule has 2 rings (SSSR count). The van der Waals surface area contributed by atoms with Crippen LogP contribution in [-0.4, -0.2) is 24.4 Å². The Morgan fingerprint density at radius 1 is 1.16 bits per heavy atom. The van der Waals surface area contributed by atoms with E-state index in [4.69, 9.17) is 0 Å². The second-order valence-corrected chi connectivity index (χ2v) is 5.56. The maximum atomic E-state index is 12.4. The molecule has 1 fully saturated rings. The highest BCUT2D eigenvalue weighted by Crippen LogP contribution is 2.22. The summed E-state index contributed by atoms with van der Waals surface area (Å²) >= 11 is 0. The lowest BCUT2D eigenvalue weighted by atomic mass is 10.00. The zero-order valence-electron chi connectivity index (χ0n) is 11.9. The fraction of sp³-hybridized carbons (Fsp3) is 0.467. The SMILES string of the molecule is Cc1cc(C)cc(N2CC(=O)NC(C(C)C)C2=O)c1. The van der Waals surface area contributed by atoms with Crippen molar-refractivity contribution in [3.8, 4) is 0 Å². The number of amides is 2. The van der Waals surface area contributed by atoms with Crippen LogP contribution in [0.25, 0.3) is 0 Å². The molecular formula is C15H20N2O2. The molecule has 19 heavy (non-hydrogen) atoms. The van der Waals surface area contributed by atoms with Crippen LogP contribution >= 0.6 is 0 Å². The quantitative estimate of drug-likeness (QED) is 0.881. The molecule has 1 aromatic carbocycles. The summed E-state index contributed by atoms with van der Waals surface area (Å²) in [5.41, 5.74) is 2.99. The van der Waals surface area contributed by atoms with E-state index in [-0.39, 0.29) is 24.3 Å². The van der Waals surface area contributed by atoms with Crippen molar-refractivity contribution in [3.63, 3.8) is 0 Å². The standard InChI is InChI=1S/C15H20N2O2/c1-9(2)14-15(19)17(8-13(18)16-14)12-6-10(3)5-11(4)7-12/h5-7,9,14H,8H2,1-4H3,(H,16,18). The summed E-state index contributed by atoms with van der Waals surface area (Å²) < 4.78 is 0. The molecule has 1 aliphatic heterocycles. The van der Waals surface area contributed by atoms with Crippen LogP contribution in [0.4, 0.5) is 5.69 Å². The monoisotopic (exact) mass is 260 g/mol. The van der Waals surface area contributed by atoms with Gasteiger partial charge in [0.15, 0.2) is 0 Å². The van der Waals surface area contributed by atoms with E-state index in [0.717, 1.165) is 16.8 Å². The number of anilines is 1. The molecule has 1 heterocycles. The fourth-order valence-electron chi connectivity index (χ4n) is 2.45. The molecule has 0 radical (unpaired) electrons. The minimum atomic E-state index is -0.429. The van der Waals surface area contributed by atoms with Gasteiger partial charge in [0.25, 0.3) is 0 Å². The van der Waals surface area contributed by atoms with Gasteiger partial charge < -0.3 is 10.2 Å². The Kier molecular flexibility index (Phi) is 3.60. The van der Waals surface area contributed by atoms with Gasteiger partial charge in [-0.3, -0.25) is 9.59 Å². The highest BCUT2D eigenvalue weighted by molar-refractivity contribution is 6.06. The predicted molar refractivity (Wildman–Crippen MR) is 75.0 cm³/mol. The summed E-state index contributed by atoms with van der Waals surface area (Å²) in [6.45, 7) is 7.96. The normalized spacial score (nSPS) is 19.8. The number of benzene rings is 1. The third-order valence-corrected chi connectivity index (χ3v) is 3.34. The second kappa shape index (κ2) is 5.03. The number of nitrogens with one attached hydrogen (secondary N) is 1. The zero-order chi connectivity index (χ0) is 14.2. The molecule has 0 spiro atoms. The third-order valence-electron chi connectivity index (χ3n) is 3.34. The number of hydrogen-bond donors (Lipinski definition) is 1. The Morgan fingerprint density at radius 3 is 2.26 bits per heavy atom. The van der Waals surface area contributed by atoms with Crippen molar-refractivity contribution in [2.75, 3.05) is 11.4 Å². The summed E-state index contributed by atoms with van der Waals surface area (Å²) in [5.74, 6) is -0.0396. The molecule has 0 aromatic heterocycles. The predicted octanol–water partition coefficient (Wildman–Crippen LogP) is 1.79. The van der Waals surface area contributed by atoms with Gasteiger partial charge >= 0.3 is 0 Å². The lowest BCUT2D eigenvalue weighted by Crippen LogP contribution is -2.60. The summed E-state index contributed by atoms with van der Waals surface area (Å²) in [7, 11) is 0. The second-order valence-electron chi connectivity index (χ2n) is 5.56. The molecule has 1 unspecified atom stereocenters. The van der Waals surface area contributed by atoms with Crippen LogP contribution in [0, 0.1) is 19.8 Å². The van der Waals surface area contributed by atoms with Gasteiger partial charge in [-0.15, -0.1) is 0 Å². The van der Waals surface area contributed by atoms with E-state index in [9.17, 15) is 9.59 Å². The van der Waals surface area contributed by atoms with Gasteiger partial charge in [0, 0.05) is 5.69 Å². The number of carbonyl (C=O) groups excluding carboxylic acids is 2. The van der Waals surface area contributed by atoms with Gasteiger partial charge in [0.2, 0.25) is 11.8 Å². The number of hydrogen-bond acceptors (Lipinski definition) is 2. The van der Waals surface area contributed by atoms with Crippen LogP contribution in [-0.2, 0) is 9.59 Å². The molecule has 4 heteroatoms. The molecule has 1 aliphatic rings. The maximum absolute atomic E-state index is 12.4. The van der Waals surface area contributed by atoms with E-state index in [2.05, 4.69) is 11.4 Å². The molecule has 0 bridgehead atoms. The Labute approximate surface area is 113 Å². The summed E-state index contributed by atoms with van der Waals surface area (Å²) in [5, 5.41) is 2.76. The van der Waals surface area contributed by atoms with E-state index in [0.29, 0.717) is 0 Å². The third kappa shape index (κ3) is 2.78. The average Bonchev–Trinajstić information content (AvgIpc) is 2.30. The fourth-order valence-corrected chi connectivity index (χ4v) is 2.45. The molecule has 0 saturated carbocycles. The van der Waals surface area contributed by atoms with Crippen LogP contribution in [0.2, 0.25) is 0 Å². The van der Waals surface area contributed by atoms with E-state index in [1.54, 1.807) is 4.90 Å². The van der Waals surface area contributed by atoms with Crippen molar-refractivity contribution in [1.82, 2.24) is 5.32 Å². The number of carbonyl (C=O) groups is 2. The minimum absolute atomic E-state index is 0.0281. The number of rotatable bonds is 2. The average molecular weight is 260 g/mol.